The third kappa shape index (κ3) is 3.07. The van der Waals surface area contributed by atoms with Crippen molar-refractivity contribution >= 4 is 0 Å². The number of fused-ring (bicyclic) bond motifs is 1. The van der Waals surface area contributed by atoms with Crippen LogP contribution < -0.4 is 0 Å². The molecule has 2 aliphatic rings. The molecular weight excluding hydrogens is 247 g/mol. The summed E-state index contributed by atoms with van der Waals surface area (Å²) < 4.78 is 13.0. The molecule has 2 fully saturated rings. The zero-order valence-electron chi connectivity index (χ0n) is 12.7. The predicted octanol–water partition coefficient (Wildman–Crippen LogP) is 5.93. The highest BCUT2D eigenvalue weighted by Crippen LogP contribution is 2.48. The molecule has 2 saturated carbocycles. The van der Waals surface area contributed by atoms with Gasteiger partial charge >= 0.3 is 0 Å². The Bertz CT molecular complexity index is 422. The summed E-state index contributed by atoms with van der Waals surface area (Å²) in [6.45, 7) is 2.32. The highest BCUT2D eigenvalue weighted by atomic mass is 19.1. The van der Waals surface area contributed by atoms with E-state index >= 15 is 0 Å². The van der Waals surface area contributed by atoms with Gasteiger partial charge in [0.15, 0.2) is 0 Å². The van der Waals surface area contributed by atoms with Crippen molar-refractivity contribution in [1.82, 2.24) is 0 Å². The summed E-state index contributed by atoms with van der Waals surface area (Å²) in [5, 5.41) is 0. The van der Waals surface area contributed by atoms with Gasteiger partial charge in [0.05, 0.1) is 0 Å². The van der Waals surface area contributed by atoms with Crippen molar-refractivity contribution in [2.75, 3.05) is 0 Å². The van der Waals surface area contributed by atoms with Crippen molar-refractivity contribution < 1.29 is 4.39 Å². The molecule has 1 heteroatoms. The summed E-state index contributed by atoms with van der Waals surface area (Å²) >= 11 is 0. The maximum Gasteiger partial charge on any atom is 0.123 e. The predicted molar refractivity (Wildman–Crippen MR) is 82.2 cm³/mol. The minimum Gasteiger partial charge on any atom is -0.207 e. The summed E-state index contributed by atoms with van der Waals surface area (Å²) in [5.74, 6) is 3.50. The monoisotopic (exact) mass is 274 g/mol. The molecule has 3 rings (SSSR count). The van der Waals surface area contributed by atoms with E-state index in [0.29, 0.717) is 5.92 Å². The smallest absolute Gasteiger partial charge is 0.123 e. The molecule has 2 aliphatic carbocycles. The number of hydrogen-bond acceptors (Lipinski definition) is 0. The Morgan fingerprint density at radius 2 is 1.65 bits per heavy atom. The first-order chi connectivity index (χ1) is 9.76. The van der Waals surface area contributed by atoms with Gasteiger partial charge in [-0.1, -0.05) is 38.3 Å². The average molecular weight is 274 g/mol. The van der Waals surface area contributed by atoms with Crippen molar-refractivity contribution in [3.05, 3.63) is 35.6 Å². The molecular formula is C19H27F. The number of hydrogen-bond donors (Lipinski definition) is 0. The fourth-order valence-electron chi connectivity index (χ4n) is 4.69. The van der Waals surface area contributed by atoms with Gasteiger partial charge in [-0.25, -0.2) is 4.39 Å². The highest BCUT2D eigenvalue weighted by molar-refractivity contribution is 5.21. The van der Waals surface area contributed by atoms with Gasteiger partial charge in [-0.05, 0) is 73.5 Å². The second-order valence-electron chi connectivity index (χ2n) is 7.05. The summed E-state index contributed by atoms with van der Waals surface area (Å²) in [5.41, 5.74) is 1.36. The lowest BCUT2D eigenvalue weighted by Crippen LogP contribution is -2.30. The Morgan fingerprint density at radius 3 is 2.40 bits per heavy atom. The fourth-order valence-corrected chi connectivity index (χ4v) is 4.69. The van der Waals surface area contributed by atoms with E-state index in [1.807, 2.05) is 12.1 Å². The maximum absolute atomic E-state index is 13.0. The van der Waals surface area contributed by atoms with Crippen molar-refractivity contribution in [1.29, 1.82) is 0 Å². The Labute approximate surface area is 122 Å². The largest absolute Gasteiger partial charge is 0.207 e. The molecule has 1 aromatic rings. The van der Waals surface area contributed by atoms with E-state index in [9.17, 15) is 4.39 Å². The van der Waals surface area contributed by atoms with Crippen LogP contribution in [0.2, 0.25) is 0 Å². The van der Waals surface area contributed by atoms with Crippen LogP contribution in [0.25, 0.3) is 0 Å². The zero-order chi connectivity index (χ0) is 13.9. The average Bonchev–Trinajstić information content (AvgIpc) is 2.48. The summed E-state index contributed by atoms with van der Waals surface area (Å²) in [4.78, 5) is 0. The number of rotatable bonds is 3. The number of halogens is 1. The lowest BCUT2D eigenvalue weighted by atomic mass is 9.63. The first-order valence-corrected chi connectivity index (χ1v) is 8.51. The molecule has 20 heavy (non-hydrogen) atoms. The first kappa shape index (κ1) is 14.1. The van der Waals surface area contributed by atoms with E-state index in [2.05, 4.69) is 6.92 Å². The molecule has 0 radical (unpaired) electrons. The zero-order valence-corrected chi connectivity index (χ0v) is 12.7. The topological polar surface area (TPSA) is 0 Å². The van der Waals surface area contributed by atoms with Crippen LogP contribution in [-0.4, -0.2) is 0 Å². The first-order valence-electron chi connectivity index (χ1n) is 8.51. The molecule has 0 N–H and O–H groups in total. The van der Waals surface area contributed by atoms with Gasteiger partial charge in [0.1, 0.15) is 5.82 Å². The van der Waals surface area contributed by atoms with Gasteiger partial charge in [0.2, 0.25) is 0 Å². The molecule has 0 aromatic heterocycles. The van der Waals surface area contributed by atoms with E-state index in [1.54, 1.807) is 12.1 Å². The van der Waals surface area contributed by atoms with Crippen LogP contribution >= 0.6 is 0 Å². The van der Waals surface area contributed by atoms with E-state index in [-0.39, 0.29) is 5.82 Å². The summed E-state index contributed by atoms with van der Waals surface area (Å²) in [6, 6.07) is 7.26. The van der Waals surface area contributed by atoms with Crippen LogP contribution in [0, 0.1) is 23.6 Å². The Morgan fingerprint density at radius 1 is 0.950 bits per heavy atom. The van der Waals surface area contributed by atoms with Crippen molar-refractivity contribution in [3.8, 4) is 0 Å². The Kier molecular flexibility index (Phi) is 4.43. The molecule has 2 unspecified atom stereocenters. The van der Waals surface area contributed by atoms with Crippen LogP contribution in [0.1, 0.15) is 69.8 Å². The molecule has 110 valence electrons. The SMILES string of the molecule is CCCC1CC[C@@H]2C[C@H](c3ccc(F)cc3)CCC2C1. The Hall–Kier alpha value is -0.850. The van der Waals surface area contributed by atoms with Gasteiger partial charge in [0, 0.05) is 0 Å². The quantitative estimate of drug-likeness (QED) is 0.641. The molecule has 1 aromatic carbocycles. The molecule has 0 saturated heterocycles. The van der Waals surface area contributed by atoms with Crippen molar-refractivity contribution in [2.24, 2.45) is 17.8 Å². The van der Waals surface area contributed by atoms with Crippen LogP contribution in [0.15, 0.2) is 24.3 Å². The van der Waals surface area contributed by atoms with Gasteiger partial charge in [-0.15, -0.1) is 0 Å². The number of benzene rings is 1. The molecule has 0 aliphatic heterocycles. The van der Waals surface area contributed by atoms with Gasteiger partial charge in [-0.3, -0.25) is 0 Å². The lowest BCUT2D eigenvalue weighted by molar-refractivity contribution is 0.114. The van der Waals surface area contributed by atoms with Gasteiger partial charge in [-0.2, -0.15) is 0 Å². The standard InChI is InChI=1S/C19H27F/c1-2-3-14-4-5-18-13-17(7-6-16(18)12-14)15-8-10-19(20)11-9-15/h8-11,14,16-18H,2-7,12-13H2,1H3/t14?,16?,17-,18-/m1/s1. The van der Waals surface area contributed by atoms with E-state index < -0.39 is 0 Å². The molecule has 4 atom stereocenters. The third-order valence-electron chi connectivity index (χ3n) is 5.76. The third-order valence-corrected chi connectivity index (χ3v) is 5.76. The minimum absolute atomic E-state index is 0.109. The highest BCUT2D eigenvalue weighted by Gasteiger charge is 2.35. The summed E-state index contributed by atoms with van der Waals surface area (Å²) in [7, 11) is 0. The second-order valence-corrected chi connectivity index (χ2v) is 7.05. The van der Waals surface area contributed by atoms with Gasteiger partial charge in [0.25, 0.3) is 0 Å². The Balaban J connectivity index is 1.61. The molecule has 0 spiro atoms. The summed E-state index contributed by atoms with van der Waals surface area (Å²) in [6.07, 6.45) is 11.2. The van der Waals surface area contributed by atoms with Crippen LogP contribution in [0.3, 0.4) is 0 Å². The molecule has 0 amide bonds. The maximum atomic E-state index is 13.0. The van der Waals surface area contributed by atoms with Crippen LogP contribution in [-0.2, 0) is 0 Å². The second kappa shape index (κ2) is 6.28. The van der Waals surface area contributed by atoms with E-state index in [4.69, 9.17) is 0 Å². The van der Waals surface area contributed by atoms with Crippen LogP contribution in [0.4, 0.5) is 4.39 Å². The molecule has 0 nitrogen and oxygen atoms in total. The van der Waals surface area contributed by atoms with E-state index in [1.165, 1.54) is 56.9 Å². The lowest BCUT2D eigenvalue weighted by Gasteiger charge is -2.42. The van der Waals surface area contributed by atoms with Crippen molar-refractivity contribution in [3.63, 3.8) is 0 Å². The minimum atomic E-state index is -0.109. The van der Waals surface area contributed by atoms with Gasteiger partial charge < -0.3 is 0 Å². The van der Waals surface area contributed by atoms with Crippen LogP contribution in [0.5, 0.6) is 0 Å². The normalized spacial score (nSPS) is 33.7. The fraction of sp³-hybridized carbons (Fsp3) is 0.684. The van der Waals surface area contributed by atoms with E-state index in [0.717, 1.165) is 17.8 Å². The molecule has 0 bridgehead atoms. The van der Waals surface area contributed by atoms with Crippen molar-refractivity contribution in [2.45, 2.75) is 64.2 Å². The molecule has 0 heterocycles.